The summed E-state index contributed by atoms with van der Waals surface area (Å²) in [4.78, 5) is 12.1. The van der Waals surface area contributed by atoms with E-state index in [-0.39, 0.29) is 12.8 Å². The van der Waals surface area contributed by atoms with Crippen molar-refractivity contribution < 1.29 is 23.7 Å². The molecule has 1 atom stereocenters. The Morgan fingerprint density at radius 2 is 1.40 bits per heavy atom. The second kappa shape index (κ2) is 9.46. The summed E-state index contributed by atoms with van der Waals surface area (Å²) in [6.07, 6.45) is 0. The molecule has 3 aromatic rings. The molecule has 0 saturated heterocycles. The first kappa shape index (κ1) is 21.4. The summed E-state index contributed by atoms with van der Waals surface area (Å²) in [6.45, 7) is 2.33. The van der Waals surface area contributed by atoms with Crippen LogP contribution in [0.4, 0.5) is 0 Å². The number of rotatable bonds is 8. The van der Waals surface area contributed by atoms with Crippen molar-refractivity contribution >= 4 is 5.97 Å². The van der Waals surface area contributed by atoms with Crippen LogP contribution in [0, 0.1) is 0 Å². The van der Waals surface area contributed by atoms with Crippen molar-refractivity contribution in [3.63, 3.8) is 0 Å². The first-order valence-electron chi connectivity index (χ1n) is 9.58. The maximum atomic E-state index is 12.1. The molecule has 5 nitrogen and oxygen atoms in total. The van der Waals surface area contributed by atoms with E-state index in [4.69, 9.17) is 18.9 Å². The summed E-state index contributed by atoms with van der Waals surface area (Å²) in [5.41, 5.74) is 3.09. The lowest BCUT2D eigenvalue weighted by Gasteiger charge is -2.32. The minimum absolute atomic E-state index is 0.191. The Kier molecular flexibility index (Phi) is 6.75. The predicted molar refractivity (Wildman–Crippen MR) is 115 cm³/mol. The van der Waals surface area contributed by atoms with E-state index in [1.54, 1.807) is 20.3 Å². The lowest BCUT2D eigenvalue weighted by atomic mass is 9.71. The van der Waals surface area contributed by atoms with Crippen LogP contribution in [-0.4, -0.2) is 34.1 Å². The molecule has 0 aliphatic carbocycles. The van der Waals surface area contributed by atoms with Crippen molar-refractivity contribution in [2.45, 2.75) is 12.3 Å². The quantitative estimate of drug-likeness (QED) is 0.305. The highest BCUT2D eigenvalue weighted by atomic mass is 16.7. The Bertz CT molecular complexity index is 979. The molecule has 0 aliphatic rings. The van der Waals surface area contributed by atoms with Crippen molar-refractivity contribution in [1.82, 2.24) is 0 Å². The Morgan fingerprint density at radius 1 is 0.800 bits per heavy atom. The Hall–Kier alpha value is -3.31. The fourth-order valence-electron chi connectivity index (χ4n) is 3.51. The fraction of sp³-hybridized carbons (Fsp3) is 0.240. The maximum Gasteiger partial charge on any atom is 0.337 e. The zero-order valence-electron chi connectivity index (χ0n) is 17.7. The van der Waals surface area contributed by atoms with Crippen LogP contribution in [0.25, 0.3) is 0 Å². The molecule has 0 fully saturated rings. The third-order valence-electron chi connectivity index (χ3n) is 5.30. The van der Waals surface area contributed by atoms with Crippen molar-refractivity contribution in [2.24, 2.45) is 0 Å². The van der Waals surface area contributed by atoms with Gasteiger partial charge in [-0.25, -0.2) is 4.79 Å². The van der Waals surface area contributed by atoms with Gasteiger partial charge in [0.05, 0.1) is 19.8 Å². The predicted octanol–water partition coefficient (Wildman–Crippen LogP) is 4.82. The lowest BCUT2D eigenvalue weighted by Crippen LogP contribution is -2.25. The SMILES string of the molecule is COCOc1ccc(C(C)(c2ccc(OC)cc2)c2cccc(C(=O)OC)c2)cc1. The number of hydrogen-bond donors (Lipinski definition) is 0. The van der Waals surface area contributed by atoms with Crippen molar-refractivity contribution in [3.05, 3.63) is 95.1 Å². The molecule has 0 saturated carbocycles. The number of methoxy groups -OCH3 is 3. The molecule has 0 spiro atoms. The highest BCUT2D eigenvalue weighted by molar-refractivity contribution is 5.89. The standard InChI is InChI=1S/C25H26O5/c1-25(19-8-12-22(28-3)13-9-19,20-10-14-23(15-11-20)30-17-27-2)21-7-5-6-18(16-21)24(26)29-4/h5-16H,17H2,1-4H3. The number of esters is 1. The van der Waals surface area contributed by atoms with Crippen molar-refractivity contribution in [2.75, 3.05) is 28.1 Å². The van der Waals surface area contributed by atoms with Gasteiger partial charge in [-0.2, -0.15) is 0 Å². The molecule has 3 rings (SSSR count). The topological polar surface area (TPSA) is 54.0 Å². The van der Waals surface area contributed by atoms with Gasteiger partial charge in [-0.15, -0.1) is 0 Å². The Labute approximate surface area is 177 Å². The van der Waals surface area contributed by atoms with E-state index in [2.05, 4.69) is 6.92 Å². The summed E-state index contributed by atoms with van der Waals surface area (Å²) in [7, 11) is 4.62. The van der Waals surface area contributed by atoms with Gasteiger partial charge in [0.25, 0.3) is 0 Å². The molecule has 1 unspecified atom stereocenters. The van der Waals surface area contributed by atoms with Gasteiger partial charge in [-0.05, 0) is 60.0 Å². The van der Waals surface area contributed by atoms with Crippen molar-refractivity contribution in [1.29, 1.82) is 0 Å². The van der Waals surface area contributed by atoms with Gasteiger partial charge in [-0.3, -0.25) is 0 Å². The molecular weight excluding hydrogens is 380 g/mol. The minimum atomic E-state index is -0.518. The molecule has 0 bridgehead atoms. The van der Waals surface area contributed by atoms with E-state index in [0.717, 1.165) is 28.2 Å². The molecular formula is C25H26O5. The number of ether oxygens (including phenoxy) is 4. The zero-order valence-corrected chi connectivity index (χ0v) is 17.7. The van der Waals surface area contributed by atoms with Gasteiger partial charge in [0.1, 0.15) is 11.5 Å². The lowest BCUT2D eigenvalue weighted by molar-refractivity contribution is 0.0511. The minimum Gasteiger partial charge on any atom is -0.497 e. The van der Waals surface area contributed by atoms with Gasteiger partial charge in [-0.1, -0.05) is 36.4 Å². The molecule has 0 radical (unpaired) electrons. The van der Waals surface area contributed by atoms with Crippen LogP contribution in [0.2, 0.25) is 0 Å². The Balaban J connectivity index is 2.12. The molecule has 5 heteroatoms. The molecule has 0 N–H and O–H groups in total. The fourth-order valence-corrected chi connectivity index (χ4v) is 3.51. The Morgan fingerprint density at radius 3 is 1.93 bits per heavy atom. The second-order valence-electron chi connectivity index (χ2n) is 7.00. The third-order valence-corrected chi connectivity index (χ3v) is 5.30. The highest BCUT2D eigenvalue weighted by Gasteiger charge is 2.32. The number of benzene rings is 3. The highest BCUT2D eigenvalue weighted by Crippen LogP contribution is 2.40. The molecule has 0 aromatic heterocycles. The van der Waals surface area contributed by atoms with Gasteiger partial charge < -0.3 is 18.9 Å². The summed E-state index contributed by atoms with van der Waals surface area (Å²) in [6, 6.07) is 23.4. The van der Waals surface area contributed by atoms with Gasteiger partial charge in [0, 0.05) is 12.5 Å². The summed E-state index contributed by atoms with van der Waals surface area (Å²) in [5.74, 6) is 1.14. The van der Waals surface area contributed by atoms with E-state index < -0.39 is 5.41 Å². The van der Waals surface area contributed by atoms with E-state index in [9.17, 15) is 4.79 Å². The van der Waals surface area contributed by atoms with Crippen LogP contribution in [0.3, 0.4) is 0 Å². The maximum absolute atomic E-state index is 12.1. The van der Waals surface area contributed by atoms with Gasteiger partial charge in [0.2, 0.25) is 0 Å². The second-order valence-corrected chi connectivity index (χ2v) is 7.00. The molecule has 0 aliphatic heterocycles. The van der Waals surface area contributed by atoms with Crippen LogP contribution in [-0.2, 0) is 14.9 Å². The first-order valence-corrected chi connectivity index (χ1v) is 9.58. The molecule has 0 amide bonds. The largest absolute Gasteiger partial charge is 0.497 e. The third kappa shape index (κ3) is 4.31. The average Bonchev–Trinajstić information content (AvgIpc) is 2.82. The number of carbonyl (C=O) groups excluding carboxylic acids is 1. The molecule has 3 aromatic carbocycles. The van der Waals surface area contributed by atoms with E-state index in [1.807, 2.05) is 66.7 Å². The summed E-state index contributed by atoms with van der Waals surface area (Å²) >= 11 is 0. The van der Waals surface area contributed by atoms with Crippen LogP contribution < -0.4 is 9.47 Å². The van der Waals surface area contributed by atoms with Crippen LogP contribution in [0.5, 0.6) is 11.5 Å². The van der Waals surface area contributed by atoms with E-state index in [1.165, 1.54) is 7.11 Å². The normalized spacial score (nSPS) is 12.7. The van der Waals surface area contributed by atoms with Crippen LogP contribution in [0.15, 0.2) is 72.8 Å². The van der Waals surface area contributed by atoms with E-state index >= 15 is 0 Å². The smallest absolute Gasteiger partial charge is 0.337 e. The molecule has 30 heavy (non-hydrogen) atoms. The van der Waals surface area contributed by atoms with Gasteiger partial charge >= 0.3 is 5.97 Å². The van der Waals surface area contributed by atoms with Crippen LogP contribution in [0.1, 0.15) is 34.0 Å². The van der Waals surface area contributed by atoms with Crippen molar-refractivity contribution in [3.8, 4) is 11.5 Å². The average molecular weight is 406 g/mol. The molecule has 0 heterocycles. The monoisotopic (exact) mass is 406 g/mol. The van der Waals surface area contributed by atoms with E-state index in [0.29, 0.717) is 5.56 Å². The first-order chi connectivity index (χ1) is 14.5. The summed E-state index contributed by atoms with van der Waals surface area (Å²) in [5, 5.41) is 0. The number of hydrogen-bond acceptors (Lipinski definition) is 5. The summed E-state index contributed by atoms with van der Waals surface area (Å²) < 4.78 is 20.7. The molecule has 156 valence electrons. The zero-order chi connectivity index (χ0) is 21.6. The number of carbonyl (C=O) groups is 1. The van der Waals surface area contributed by atoms with Crippen LogP contribution >= 0.6 is 0 Å². The van der Waals surface area contributed by atoms with Gasteiger partial charge in [0.15, 0.2) is 6.79 Å².